The molecule has 0 amide bonds. The number of fused-ring (bicyclic) bond motifs is 1. The number of pyridine rings is 1. The summed E-state index contributed by atoms with van der Waals surface area (Å²) in [5.41, 5.74) is 5.15. The third kappa shape index (κ3) is 8.29. The zero-order chi connectivity index (χ0) is 36.2. The highest BCUT2D eigenvalue weighted by Gasteiger charge is 2.29. The second-order valence-corrected chi connectivity index (χ2v) is 17.8. The molecule has 2 aromatic heterocycles. The minimum Gasteiger partial charge on any atom is -0.491 e. The van der Waals surface area contributed by atoms with Gasteiger partial charge in [0.2, 0.25) is 0 Å². The fourth-order valence-corrected chi connectivity index (χ4v) is 11.4. The van der Waals surface area contributed by atoms with Crippen LogP contribution in [0.5, 0.6) is 0 Å². The second-order valence-electron chi connectivity index (χ2n) is 13.3. The quantitative estimate of drug-likeness (QED) is 0.120. The number of piperidine rings is 1. The van der Waals surface area contributed by atoms with Gasteiger partial charge in [-0.25, -0.2) is 9.97 Å². The predicted octanol–water partition coefficient (Wildman–Crippen LogP) is 9.12. The lowest BCUT2D eigenvalue weighted by Crippen LogP contribution is -2.43. The number of nitrogens with one attached hydrogen (secondary N) is 2. The van der Waals surface area contributed by atoms with E-state index in [0.717, 1.165) is 90.1 Å². The Labute approximate surface area is 327 Å². The highest BCUT2D eigenvalue weighted by atomic mass is 127. The lowest BCUT2D eigenvalue weighted by Gasteiger charge is -2.31. The molecular weight excluding hydrogens is 832 g/mol. The number of allylic oxidation sites excluding steroid dienone is 1. The fraction of sp³-hybridized carbons (Fsp3) is 0.359. The molecule has 9 nitrogen and oxygen atoms in total. The Morgan fingerprint density at radius 3 is 2.60 bits per heavy atom. The molecule has 4 heterocycles. The smallest absolute Gasteiger partial charge is 0.320 e. The van der Waals surface area contributed by atoms with Crippen molar-refractivity contribution in [3.05, 3.63) is 90.8 Å². The number of rotatable bonds is 12. The second kappa shape index (κ2) is 16.9. The summed E-state index contributed by atoms with van der Waals surface area (Å²) < 4.78 is 9.04. The Morgan fingerprint density at radius 1 is 1.04 bits per heavy atom. The summed E-state index contributed by atoms with van der Waals surface area (Å²) in [5.74, 6) is 0.738. The Balaban J connectivity index is 1.09. The first-order valence-corrected chi connectivity index (χ1v) is 21.3. The average molecular weight is 873 g/mol. The molecule has 0 spiro atoms. The zero-order valence-electron chi connectivity index (χ0n) is 28.8. The number of carbonyl (C=O) groups is 2. The number of methoxy groups -OCH3 is 1. The molecule has 7 rings (SSSR count). The number of aromatic nitrogens is 2. The van der Waals surface area contributed by atoms with E-state index in [2.05, 4.69) is 33.8 Å². The molecule has 3 aliphatic rings. The Bertz CT molecular complexity index is 2090. The van der Waals surface area contributed by atoms with E-state index in [-0.39, 0.29) is 0 Å². The number of Topliss-reactive ketones (excluding diaryl/α,β-unsaturated/α-hetero) is 1. The van der Waals surface area contributed by atoms with Crippen LogP contribution >= 0.6 is 55.3 Å². The summed E-state index contributed by atoms with van der Waals surface area (Å²) in [6.07, 6.45) is 11.9. The van der Waals surface area contributed by atoms with Crippen molar-refractivity contribution in [2.45, 2.75) is 57.5 Å². The van der Waals surface area contributed by atoms with Gasteiger partial charge in [-0.3, -0.25) is 14.5 Å². The molecule has 52 heavy (non-hydrogen) atoms. The largest absolute Gasteiger partial charge is 0.491 e. The van der Waals surface area contributed by atoms with Crippen molar-refractivity contribution in [3.8, 4) is 11.1 Å². The number of nitrogens with zero attached hydrogens (tertiary/aromatic N) is 3. The fourth-order valence-electron chi connectivity index (χ4n) is 7.06. The molecule has 13 heteroatoms. The highest BCUT2D eigenvalue weighted by molar-refractivity contribution is 14.2. The number of benzene rings is 2. The monoisotopic (exact) mass is 871 g/mol. The molecule has 0 radical (unpaired) electrons. The average Bonchev–Trinajstić information content (AvgIpc) is 3.57. The Kier molecular flexibility index (Phi) is 12.0. The van der Waals surface area contributed by atoms with Crippen LogP contribution in [-0.2, 0) is 20.9 Å². The number of hydrogen-bond acceptors (Lipinski definition) is 9. The van der Waals surface area contributed by atoms with E-state index >= 15 is 0 Å². The van der Waals surface area contributed by atoms with Crippen molar-refractivity contribution in [1.29, 1.82) is 0 Å². The van der Waals surface area contributed by atoms with Gasteiger partial charge in [-0.2, -0.15) is 0 Å². The molecule has 1 saturated heterocycles. The molecule has 3 N–H and O–H groups in total. The predicted molar refractivity (Wildman–Crippen MR) is 219 cm³/mol. The maximum atomic E-state index is 11.9. The van der Waals surface area contributed by atoms with Gasteiger partial charge in [-0.05, 0) is 83.6 Å². The molecular formula is C39H40Cl2IN5O4S. The summed E-state index contributed by atoms with van der Waals surface area (Å²) in [6.45, 7) is 2.87. The van der Waals surface area contributed by atoms with Crippen LogP contribution in [0.25, 0.3) is 21.3 Å². The molecule has 2 fully saturated rings. The van der Waals surface area contributed by atoms with Gasteiger partial charge < -0.3 is 20.5 Å². The molecule has 4 aromatic rings. The van der Waals surface area contributed by atoms with Gasteiger partial charge in [0, 0.05) is 51.4 Å². The topological polar surface area (TPSA) is 117 Å². The number of aliphatic carboxylic acids is 1. The van der Waals surface area contributed by atoms with Crippen LogP contribution in [0.2, 0.25) is 10.0 Å². The van der Waals surface area contributed by atoms with Crippen LogP contribution in [0.3, 0.4) is 0 Å². The van der Waals surface area contributed by atoms with E-state index in [1.807, 2.05) is 41.3 Å². The van der Waals surface area contributed by atoms with Crippen LogP contribution in [-0.4, -0.2) is 68.0 Å². The minimum absolute atomic E-state index is 0.387. The van der Waals surface area contributed by atoms with E-state index in [4.69, 9.17) is 32.9 Å². The van der Waals surface area contributed by atoms with Gasteiger partial charge in [0.1, 0.15) is 22.3 Å². The summed E-state index contributed by atoms with van der Waals surface area (Å²) in [4.78, 5) is 35.0. The van der Waals surface area contributed by atoms with E-state index in [1.165, 1.54) is 0 Å². The highest BCUT2D eigenvalue weighted by Crippen LogP contribution is 2.42. The Hall–Kier alpha value is -3.20. The molecule has 1 saturated carbocycles. The van der Waals surface area contributed by atoms with E-state index in [1.54, 1.807) is 24.6 Å². The van der Waals surface area contributed by atoms with Crippen molar-refractivity contribution in [2.24, 2.45) is 5.92 Å². The van der Waals surface area contributed by atoms with Crippen molar-refractivity contribution in [3.63, 3.8) is 0 Å². The van der Waals surface area contributed by atoms with Gasteiger partial charge in [-0.15, -0.1) is 11.3 Å². The normalized spacial score (nSPS) is 18.7. The first kappa shape index (κ1) is 37.1. The molecule has 0 bridgehead atoms. The van der Waals surface area contributed by atoms with Crippen molar-refractivity contribution in [1.82, 2.24) is 20.2 Å². The Morgan fingerprint density at radius 2 is 1.81 bits per heavy atom. The van der Waals surface area contributed by atoms with Gasteiger partial charge >= 0.3 is 5.97 Å². The van der Waals surface area contributed by atoms with Crippen molar-refractivity contribution >= 4 is 92.3 Å². The summed E-state index contributed by atoms with van der Waals surface area (Å²) >= 11 is 15.2. The van der Waals surface area contributed by atoms with Crippen molar-refractivity contribution < 1.29 is 19.4 Å². The lowest BCUT2D eigenvalue weighted by molar-refractivity contribution is -0.144. The summed E-state index contributed by atoms with van der Waals surface area (Å²) in [6, 6.07) is 13.3. The van der Waals surface area contributed by atoms with Crippen LogP contribution in [0, 0.1) is 5.92 Å². The number of likely N-dealkylation sites (tertiary alicyclic amines) is 1. The third-order valence-electron chi connectivity index (χ3n) is 9.85. The molecule has 272 valence electrons. The number of anilines is 2. The van der Waals surface area contributed by atoms with Crippen LogP contribution in [0.4, 0.5) is 11.5 Å². The third-order valence-corrected chi connectivity index (χ3v) is 14.8. The standard InChI is InChI=1S/C39H40Cl2IN5O4S/c1-51-37-24(21-43-20-23-11-14-25(48)15-12-23)13-16-29(42-37)28-8-4-6-26(34(28)40)27-7-5-9-30(35(27)41)45-38-36-32(17-18-44-38)52-33(46-36)22-47-19-3-2-10-31(47)39(49)50/h4-9,13,16-18,23,31,43H,2-3,10-12,14-15,19-22H2,1H3,(H,44,45)(H,49,50). The number of ether oxygens (including phenoxy) is 1. The first-order valence-electron chi connectivity index (χ1n) is 17.5. The maximum absolute atomic E-state index is 11.9. The molecule has 1 aliphatic carbocycles. The lowest BCUT2D eigenvalue weighted by atomic mass is 9.88. The number of carboxylic acid groups (broad SMARTS) is 1. The van der Waals surface area contributed by atoms with E-state index < -0.39 is 32.7 Å². The SMILES string of the molecule is COC1=C(CNCC2CCC(=O)CC2)C=CC(c2cccc(-c3cccc(Nc4nccc5sc(CN6CCCCC6C(=O)O)nc45)c3Cl)c2Cl)=I1. The van der Waals surface area contributed by atoms with Gasteiger partial charge in [-0.1, -0.05) is 66.0 Å². The number of ketones is 1. The molecule has 1 unspecified atom stereocenters. The van der Waals surface area contributed by atoms with Gasteiger partial charge in [0.15, 0.2) is 9.58 Å². The van der Waals surface area contributed by atoms with Crippen molar-refractivity contribution in [2.75, 3.05) is 32.1 Å². The number of carboxylic acids is 1. The number of carbonyl (C=O) groups excluding carboxylic acids is 1. The van der Waals surface area contributed by atoms with E-state index in [9.17, 15) is 14.7 Å². The number of thiazole rings is 1. The number of halogens is 3. The van der Waals surface area contributed by atoms with Crippen LogP contribution in [0.15, 0.2) is 70.2 Å². The minimum atomic E-state index is -0.777. The van der Waals surface area contributed by atoms with Crippen LogP contribution < -0.4 is 10.6 Å². The zero-order valence-corrected chi connectivity index (χ0v) is 33.2. The van der Waals surface area contributed by atoms with E-state index in [0.29, 0.717) is 59.1 Å². The number of hydrogen-bond donors (Lipinski definition) is 3. The summed E-state index contributed by atoms with van der Waals surface area (Å²) in [5, 5.41) is 18.8. The van der Waals surface area contributed by atoms with Gasteiger partial charge in [0.25, 0.3) is 0 Å². The molecule has 2 aliphatic heterocycles. The summed E-state index contributed by atoms with van der Waals surface area (Å²) in [7, 11) is 1.74. The maximum Gasteiger partial charge on any atom is 0.320 e. The molecule has 2 aromatic carbocycles. The van der Waals surface area contributed by atoms with Gasteiger partial charge in [0.05, 0.1) is 34.1 Å². The molecule has 1 atom stereocenters. The first-order chi connectivity index (χ1) is 25.3. The van der Waals surface area contributed by atoms with Crippen LogP contribution in [0.1, 0.15) is 55.5 Å².